The van der Waals surface area contributed by atoms with Gasteiger partial charge in [-0.1, -0.05) is 25.7 Å². The lowest BCUT2D eigenvalue weighted by molar-refractivity contribution is -0.155. The number of nitrogens with one attached hydrogen (secondary N) is 2. The third kappa shape index (κ3) is 3.15. The maximum Gasteiger partial charge on any atom is 0.319 e. The Balaban J connectivity index is 1.76. The van der Waals surface area contributed by atoms with Crippen LogP contribution in [0.5, 0.6) is 0 Å². The number of carbonyl (C=O) groups excluding carboxylic acids is 1. The largest absolute Gasteiger partial charge is 0.480 e. The monoisotopic (exact) mass is 328 g/mol. The van der Waals surface area contributed by atoms with Crippen molar-refractivity contribution < 1.29 is 14.7 Å². The minimum atomic E-state index is -1.32. The van der Waals surface area contributed by atoms with Gasteiger partial charge in [0.2, 0.25) is 5.91 Å². The highest BCUT2D eigenvalue weighted by Gasteiger charge is 2.45. The number of carbonyl (C=O) groups is 2. The summed E-state index contributed by atoms with van der Waals surface area (Å²) in [5.74, 6) is -0.817. The Morgan fingerprint density at radius 3 is 2.29 bits per heavy atom. The Kier molecular flexibility index (Phi) is 4.59. The predicted octanol–water partition coefficient (Wildman–Crippen LogP) is 2.84. The molecular formula is C17H20N4O3. The van der Waals surface area contributed by atoms with E-state index in [0.717, 1.165) is 31.2 Å². The van der Waals surface area contributed by atoms with Crippen molar-refractivity contribution in [1.82, 2.24) is 15.2 Å². The number of aromatic amines is 1. The van der Waals surface area contributed by atoms with E-state index in [-0.39, 0.29) is 0 Å². The normalized spacial score (nSPS) is 17.0. The summed E-state index contributed by atoms with van der Waals surface area (Å²) in [5.41, 5.74) is 0.0983. The molecule has 0 saturated heterocycles. The molecule has 0 aliphatic heterocycles. The molecule has 126 valence electrons. The lowest BCUT2D eigenvalue weighted by Crippen LogP contribution is -2.42. The fourth-order valence-electron chi connectivity index (χ4n) is 3.18. The quantitative estimate of drug-likeness (QED) is 0.591. The fourth-order valence-corrected chi connectivity index (χ4v) is 3.18. The van der Waals surface area contributed by atoms with Crippen molar-refractivity contribution in [2.45, 2.75) is 38.5 Å². The fraction of sp³-hybridized carbons (Fsp3) is 0.412. The molecule has 7 nitrogen and oxygen atoms in total. The number of benzene rings is 1. The van der Waals surface area contributed by atoms with Crippen LogP contribution < -0.4 is 5.32 Å². The number of aromatic nitrogens is 3. The Labute approximate surface area is 139 Å². The Hall–Kier alpha value is -2.70. The molecule has 1 amide bonds. The van der Waals surface area contributed by atoms with Crippen molar-refractivity contribution in [1.29, 1.82) is 0 Å². The molecule has 1 fully saturated rings. The average molecular weight is 328 g/mol. The number of aliphatic carboxylic acids is 1. The van der Waals surface area contributed by atoms with E-state index < -0.39 is 17.3 Å². The van der Waals surface area contributed by atoms with E-state index >= 15 is 0 Å². The summed E-state index contributed by atoms with van der Waals surface area (Å²) in [6.45, 7) is 0. The lowest BCUT2D eigenvalue weighted by atomic mass is 9.79. The summed E-state index contributed by atoms with van der Waals surface area (Å²) >= 11 is 0. The average Bonchev–Trinajstić information content (AvgIpc) is 2.99. The minimum Gasteiger partial charge on any atom is -0.480 e. The zero-order chi connectivity index (χ0) is 17.0. The molecule has 7 heteroatoms. The number of rotatable bonds is 4. The van der Waals surface area contributed by atoms with Gasteiger partial charge in [0.05, 0.1) is 0 Å². The van der Waals surface area contributed by atoms with Gasteiger partial charge in [-0.2, -0.15) is 5.10 Å². The summed E-state index contributed by atoms with van der Waals surface area (Å²) in [7, 11) is 0. The van der Waals surface area contributed by atoms with Crippen LogP contribution in [0.25, 0.3) is 11.4 Å². The van der Waals surface area contributed by atoms with E-state index in [4.69, 9.17) is 0 Å². The Morgan fingerprint density at radius 2 is 1.75 bits per heavy atom. The summed E-state index contributed by atoms with van der Waals surface area (Å²) < 4.78 is 0. The number of H-pyrrole nitrogens is 1. The topological polar surface area (TPSA) is 108 Å². The SMILES string of the molecule is O=C(O)C1(C(=O)Nc2ccc(-c3ncn[nH]3)cc2)CCCCCC1. The van der Waals surface area contributed by atoms with Crippen LogP contribution in [0.2, 0.25) is 0 Å². The number of carboxylic acid groups (broad SMARTS) is 1. The maximum absolute atomic E-state index is 12.7. The summed E-state index contributed by atoms with van der Waals surface area (Å²) in [4.78, 5) is 28.5. The first-order valence-electron chi connectivity index (χ1n) is 8.12. The van der Waals surface area contributed by atoms with Crippen LogP contribution in [0.1, 0.15) is 38.5 Å². The van der Waals surface area contributed by atoms with Gasteiger partial charge in [-0.3, -0.25) is 14.7 Å². The number of nitrogens with zero attached hydrogens (tertiary/aromatic N) is 2. The second-order valence-electron chi connectivity index (χ2n) is 6.17. The minimum absolute atomic E-state index is 0.393. The molecule has 3 rings (SSSR count). The van der Waals surface area contributed by atoms with Crippen molar-refractivity contribution in [3.8, 4) is 11.4 Å². The van der Waals surface area contributed by atoms with Gasteiger partial charge in [0.15, 0.2) is 5.82 Å². The van der Waals surface area contributed by atoms with Gasteiger partial charge in [0.1, 0.15) is 11.7 Å². The van der Waals surface area contributed by atoms with Gasteiger partial charge >= 0.3 is 5.97 Å². The van der Waals surface area contributed by atoms with E-state index in [1.54, 1.807) is 24.3 Å². The van der Waals surface area contributed by atoms with Crippen molar-refractivity contribution in [2.75, 3.05) is 5.32 Å². The highest BCUT2D eigenvalue weighted by atomic mass is 16.4. The maximum atomic E-state index is 12.7. The predicted molar refractivity (Wildman–Crippen MR) is 88.2 cm³/mol. The van der Waals surface area contributed by atoms with Crippen molar-refractivity contribution in [3.05, 3.63) is 30.6 Å². The highest BCUT2D eigenvalue weighted by Crippen LogP contribution is 2.36. The standard InChI is InChI=1S/C17H20N4O3/c22-15(17(16(23)24)9-3-1-2-4-10-17)20-13-7-5-12(6-8-13)14-18-11-19-21-14/h5-8,11H,1-4,9-10H2,(H,20,22)(H,23,24)(H,18,19,21). The first kappa shape index (κ1) is 16.2. The van der Waals surface area contributed by atoms with E-state index in [2.05, 4.69) is 20.5 Å². The van der Waals surface area contributed by atoms with Crippen molar-refractivity contribution in [3.63, 3.8) is 0 Å². The number of hydrogen-bond acceptors (Lipinski definition) is 4. The zero-order valence-corrected chi connectivity index (χ0v) is 13.3. The number of hydrogen-bond donors (Lipinski definition) is 3. The lowest BCUT2D eigenvalue weighted by Gasteiger charge is -2.26. The highest BCUT2D eigenvalue weighted by molar-refractivity contribution is 6.08. The second-order valence-corrected chi connectivity index (χ2v) is 6.17. The van der Waals surface area contributed by atoms with Crippen LogP contribution in [-0.2, 0) is 9.59 Å². The molecule has 1 saturated carbocycles. The molecule has 1 aliphatic carbocycles. The molecule has 24 heavy (non-hydrogen) atoms. The molecule has 1 aromatic carbocycles. The van der Waals surface area contributed by atoms with Gasteiger partial charge in [-0.15, -0.1) is 0 Å². The van der Waals surface area contributed by atoms with Crippen molar-refractivity contribution in [2.24, 2.45) is 5.41 Å². The van der Waals surface area contributed by atoms with Gasteiger partial charge in [0.25, 0.3) is 0 Å². The van der Waals surface area contributed by atoms with Gasteiger partial charge < -0.3 is 10.4 Å². The van der Waals surface area contributed by atoms with Crippen LogP contribution >= 0.6 is 0 Å². The van der Waals surface area contributed by atoms with Gasteiger partial charge in [0, 0.05) is 11.3 Å². The molecule has 0 unspecified atom stereocenters. The number of carboxylic acids is 1. The molecule has 0 spiro atoms. The Bertz CT molecular complexity index is 702. The first-order valence-corrected chi connectivity index (χ1v) is 8.12. The van der Waals surface area contributed by atoms with E-state index in [0.29, 0.717) is 24.4 Å². The van der Waals surface area contributed by atoms with Gasteiger partial charge in [-0.25, -0.2) is 4.98 Å². The van der Waals surface area contributed by atoms with Crippen molar-refractivity contribution >= 4 is 17.6 Å². The molecule has 1 heterocycles. The summed E-state index contributed by atoms with van der Waals surface area (Å²) in [5, 5.41) is 19.0. The molecule has 0 atom stereocenters. The van der Waals surface area contributed by atoms with E-state index in [1.807, 2.05) is 0 Å². The molecule has 2 aromatic rings. The van der Waals surface area contributed by atoms with Crippen LogP contribution in [0.15, 0.2) is 30.6 Å². The zero-order valence-electron chi connectivity index (χ0n) is 13.3. The molecule has 0 bridgehead atoms. The summed E-state index contributed by atoms with van der Waals surface area (Å²) in [6, 6.07) is 7.08. The first-order chi connectivity index (χ1) is 11.6. The summed E-state index contributed by atoms with van der Waals surface area (Å²) in [6.07, 6.45) is 5.71. The van der Waals surface area contributed by atoms with Crippen LogP contribution in [0.4, 0.5) is 5.69 Å². The molecule has 1 aliphatic rings. The van der Waals surface area contributed by atoms with Crippen LogP contribution in [0.3, 0.4) is 0 Å². The Morgan fingerprint density at radius 1 is 1.08 bits per heavy atom. The smallest absolute Gasteiger partial charge is 0.319 e. The molecule has 0 radical (unpaired) electrons. The number of amides is 1. The second kappa shape index (κ2) is 6.82. The molecule has 1 aromatic heterocycles. The third-order valence-corrected chi connectivity index (χ3v) is 4.63. The third-order valence-electron chi connectivity index (χ3n) is 4.63. The molecular weight excluding hydrogens is 308 g/mol. The van der Waals surface area contributed by atoms with E-state index in [1.165, 1.54) is 6.33 Å². The van der Waals surface area contributed by atoms with E-state index in [9.17, 15) is 14.7 Å². The van der Waals surface area contributed by atoms with Crippen LogP contribution in [0, 0.1) is 5.41 Å². The van der Waals surface area contributed by atoms with Crippen LogP contribution in [-0.4, -0.2) is 32.2 Å². The van der Waals surface area contributed by atoms with Gasteiger partial charge in [-0.05, 0) is 37.1 Å². The number of anilines is 1. The molecule has 3 N–H and O–H groups in total.